The first kappa shape index (κ1) is 21.7. The molecule has 158 valence electrons. The number of hydrogen-bond acceptors (Lipinski definition) is 5. The smallest absolute Gasteiger partial charge is 0.408 e. The van der Waals surface area contributed by atoms with Gasteiger partial charge in [-0.1, -0.05) is 18.5 Å². The van der Waals surface area contributed by atoms with Gasteiger partial charge in [0.15, 0.2) is 0 Å². The van der Waals surface area contributed by atoms with Gasteiger partial charge < -0.3 is 10.1 Å². The first-order valence-electron chi connectivity index (χ1n) is 9.43. The Kier molecular flexibility index (Phi) is 6.07. The van der Waals surface area contributed by atoms with Crippen LogP contribution < -0.4 is 10.9 Å². The van der Waals surface area contributed by atoms with Crippen LogP contribution in [-0.2, 0) is 4.74 Å². The zero-order valence-electron chi connectivity index (χ0n) is 17.1. The molecule has 1 N–H and O–H groups in total. The fourth-order valence-electron chi connectivity index (χ4n) is 3.00. The van der Waals surface area contributed by atoms with Crippen molar-refractivity contribution in [3.8, 4) is 5.69 Å². The van der Waals surface area contributed by atoms with Crippen LogP contribution in [0.3, 0.4) is 0 Å². The first-order valence-corrected chi connectivity index (χ1v) is 9.80. The van der Waals surface area contributed by atoms with Gasteiger partial charge in [-0.05, 0) is 51.5 Å². The van der Waals surface area contributed by atoms with Crippen LogP contribution in [0.4, 0.5) is 9.18 Å². The maximum absolute atomic E-state index is 14.5. The summed E-state index contributed by atoms with van der Waals surface area (Å²) in [6.07, 6.45) is 2.74. The van der Waals surface area contributed by atoms with Crippen LogP contribution in [-0.4, -0.2) is 26.2 Å². The molecule has 0 bridgehead atoms. The largest absolute Gasteiger partial charge is 0.444 e. The molecule has 0 aliphatic heterocycles. The summed E-state index contributed by atoms with van der Waals surface area (Å²) >= 11 is 6.19. The monoisotopic (exact) mass is 432 g/mol. The topological polar surface area (TPSA) is 86.1 Å². The Morgan fingerprint density at radius 3 is 2.67 bits per heavy atom. The Balaban J connectivity index is 2.25. The summed E-state index contributed by atoms with van der Waals surface area (Å²) in [7, 11) is 0. The van der Waals surface area contributed by atoms with E-state index in [1.807, 2.05) is 0 Å². The molecule has 9 heteroatoms. The summed E-state index contributed by atoms with van der Waals surface area (Å²) in [4.78, 5) is 34.2. The lowest BCUT2D eigenvalue weighted by Crippen LogP contribution is -2.37. The minimum absolute atomic E-state index is 0.0450. The quantitative estimate of drug-likeness (QED) is 0.653. The highest BCUT2D eigenvalue weighted by Gasteiger charge is 2.26. The highest BCUT2D eigenvalue weighted by Crippen LogP contribution is 2.26. The molecule has 3 rings (SSSR count). The third-order valence-electron chi connectivity index (χ3n) is 4.27. The predicted octanol–water partition coefficient (Wildman–Crippen LogP) is 4.55. The number of amides is 1. The number of nitrogens with zero attached hydrogens (tertiary/aromatic N) is 3. The van der Waals surface area contributed by atoms with Crippen LogP contribution in [0, 0.1) is 5.82 Å². The molecular weight excluding hydrogens is 411 g/mol. The van der Waals surface area contributed by atoms with E-state index in [-0.39, 0.29) is 21.7 Å². The van der Waals surface area contributed by atoms with Crippen molar-refractivity contribution in [1.82, 2.24) is 19.9 Å². The van der Waals surface area contributed by atoms with Crippen molar-refractivity contribution in [3.63, 3.8) is 0 Å². The van der Waals surface area contributed by atoms with E-state index in [1.54, 1.807) is 46.0 Å². The number of pyridine rings is 1. The van der Waals surface area contributed by atoms with E-state index in [4.69, 9.17) is 16.3 Å². The summed E-state index contributed by atoms with van der Waals surface area (Å²) < 4.78 is 21.1. The standard InChI is InChI=1S/C21H22ClFN4O3/c1-5-15(25-20(29)30-21(2,3)4)18-26-17-14(23)9-8-13(22)16(17)19(28)27(18)12-7-6-10-24-11-12/h6-11,15H,5H2,1-4H3,(H,25,29)/t15-/m0/s1. The number of hydrogen-bond donors (Lipinski definition) is 1. The van der Waals surface area contributed by atoms with Gasteiger partial charge >= 0.3 is 6.09 Å². The normalized spacial score (nSPS) is 12.6. The van der Waals surface area contributed by atoms with Crippen molar-refractivity contribution in [1.29, 1.82) is 0 Å². The molecule has 2 heterocycles. The number of rotatable bonds is 4. The molecule has 30 heavy (non-hydrogen) atoms. The Morgan fingerprint density at radius 1 is 1.33 bits per heavy atom. The number of alkyl carbamates (subject to hydrolysis) is 1. The van der Waals surface area contributed by atoms with Crippen LogP contribution in [0.1, 0.15) is 46.0 Å². The average molecular weight is 433 g/mol. The van der Waals surface area contributed by atoms with Crippen LogP contribution in [0.25, 0.3) is 16.6 Å². The van der Waals surface area contributed by atoms with Gasteiger partial charge in [-0.15, -0.1) is 0 Å². The van der Waals surface area contributed by atoms with Gasteiger partial charge in [-0.3, -0.25) is 14.3 Å². The highest BCUT2D eigenvalue weighted by molar-refractivity contribution is 6.35. The van der Waals surface area contributed by atoms with E-state index in [9.17, 15) is 14.0 Å². The molecule has 1 aromatic carbocycles. The molecule has 1 atom stereocenters. The third kappa shape index (κ3) is 4.43. The fourth-order valence-corrected chi connectivity index (χ4v) is 3.24. The van der Waals surface area contributed by atoms with Gasteiger partial charge in [0.25, 0.3) is 5.56 Å². The van der Waals surface area contributed by atoms with Crippen LogP contribution in [0.5, 0.6) is 0 Å². The third-order valence-corrected chi connectivity index (χ3v) is 4.58. The lowest BCUT2D eigenvalue weighted by Gasteiger charge is -2.24. The first-order chi connectivity index (χ1) is 14.1. The highest BCUT2D eigenvalue weighted by atomic mass is 35.5. The SMILES string of the molecule is CC[C@H](NC(=O)OC(C)(C)C)c1nc2c(F)ccc(Cl)c2c(=O)n1-c1cccnc1. The Hall–Kier alpha value is -3.00. The van der Waals surface area contributed by atoms with Crippen LogP contribution in [0.15, 0.2) is 41.5 Å². The maximum Gasteiger partial charge on any atom is 0.408 e. The minimum Gasteiger partial charge on any atom is -0.444 e. The molecule has 0 radical (unpaired) electrons. The Bertz CT molecular complexity index is 1140. The van der Waals surface area contributed by atoms with Crippen molar-refractivity contribution in [2.75, 3.05) is 0 Å². The molecule has 2 aromatic heterocycles. The van der Waals surface area contributed by atoms with Gasteiger partial charge in [0.1, 0.15) is 22.8 Å². The van der Waals surface area contributed by atoms with Crippen LogP contribution in [0.2, 0.25) is 5.02 Å². The van der Waals surface area contributed by atoms with Crippen molar-refractivity contribution >= 4 is 28.6 Å². The second kappa shape index (κ2) is 8.39. The minimum atomic E-state index is -0.726. The molecule has 3 aromatic rings. The summed E-state index contributed by atoms with van der Waals surface area (Å²) in [5.41, 5.74) is -1.01. The number of carbonyl (C=O) groups is 1. The maximum atomic E-state index is 14.5. The Labute approximate surface area is 177 Å². The molecule has 7 nitrogen and oxygen atoms in total. The van der Waals surface area contributed by atoms with E-state index in [2.05, 4.69) is 15.3 Å². The van der Waals surface area contributed by atoms with Gasteiger partial charge in [0, 0.05) is 6.20 Å². The van der Waals surface area contributed by atoms with Crippen LogP contribution >= 0.6 is 11.6 Å². The molecule has 0 spiro atoms. The average Bonchev–Trinajstić information content (AvgIpc) is 2.68. The number of benzene rings is 1. The number of ether oxygens (including phenoxy) is 1. The van der Waals surface area contributed by atoms with Crippen molar-refractivity contribution in [3.05, 3.63) is 63.7 Å². The lowest BCUT2D eigenvalue weighted by atomic mass is 10.1. The molecule has 0 unspecified atom stereocenters. The predicted molar refractivity (Wildman–Crippen MR) is 113 cm³/mol. The molecule has 1 amide bonds. The van der Waals surface area contributed by atoms with E-state index in [1.165, 1.54) is 16.8 Å². The zero-order chi connectivity index (χ0) is 22.1. The molecule has 0 aliphatic rings. The number of nitrogens with one attached hydrogen (secondary N) is 1. The van der Waals surface area contributed by atoms with E-state index < -0.39 is 29.1 Å². The summed E-state index contributed by atoms with van der Waals surface area (Å²) in [6, 6.07) is 5.06. The number of aromatic nitrogens is 3. The molecule has 0 aliphatic carbocycles. The second-order valence-electron chi connectivity index (χ2n) is 7.68. The summed E-state index contributed by atoms with van der Waals surface area (Å²) in [5.74, 6) is -0.534. The fraction of sp³-hybridized carbons (Fsp3) is 0.333. The van der Waals surface area contributed by atoms with E-state index in [0.717, 1.165) is 6.07 Å². The van der Waals surface area contributed by atoms with Gasteiger partial charge in [-0.2, -0.15) is 0 Å². The zero-order valence-corrected chi connectivity index (χ0v) is 17.8. The van der Waals surface area contributed by atoms with E-state index >= 15 is 0 Å². The van der Waals surface area contributed by atoms with Gasteiger partial charge in [0.2, 0.25) is 0 Å². The van der Waals surface area contributed by atoms with Crippen molar-refractivity contribution in [2.24, 2.45) is 0 Å². The Morgan fingerprint density at radius 2 is 2.07 bits per heavy atom. The van der Waals surface area contributed by atoms with Gasteiger partial charge in [-0.25, -0.2) is 14.2 Å². The van der Waals surface area contributed by atoms with Crippen molar-refractivity contribution < 1.29 is 13.9 Å². The van der Waals surface area contributed by atoms with Crippen molar-refractivity contribution in [2.45, 2.75) is 45.8 Å². The van der Waals surface area contributed by atoms with Gasteiger partial charge in [0.05, 0.1) is 28.3 Å². The number of halogens is 2. The molecule has 0 saturated carbocycles. The number of carbonyl (C=O) groups excluding carboxylic acids is 1. The second-order valence-corrected chi connectivity index (χ2v) is 8.09. The molecule has 0 fully saturated rings. The van der Waals surface area contributed by atoms with E-state index in [0.29, 0.717) is 12.1 Å². The summed E-state index contributed by atoms with van der Waals surface area (Å²) in [5, 5.41) is 2.76. The number of fused-ring (bicyclic) bond motifs is 1. The molecule has 0 saturated heterocycles. The lowest BCUT2D eigenvalue weighted by molar-refractivity contribution is 0.0499. The summed E-state index contributed by atoms with van der Waals surface area (Å²) in [6.45, 7) is 7.03. The molecular formula is C21H22ClFN4O3.